The van der Waals surface area contributed by atoms with Gasteiger partial charge in [0.05, 0.1) is 6.54 Å². The van der Waals surface area contributed by atoms with Gasteiger partial charge in [-0.05, 0) is 50.2 Å². The van der Waals surface area contributed by atoms with Gasteiger partial charge in [0.25, 0.3) is 5.91 Å². The molecule has 0 unspecified atom stereocenters. The molecule has 2 aromatic carbocycles. The molecule has 2 amide bonds. The van der Waals surface area contributed by atoms with E-state index in [2.05, 4.69) is 20.7 Å². The first-order chi connectivity index (χ1) is 15.4. The molecule has 2 heterocycles. The molecule has 4 rings (SSSR count). The lowest BCUT2D eigenvalue weighted by Gasteiger charge is -2.16. The van der Waals surface area contributed by atoms with Gasteiger partial charge in [0, 0.05) is 29.8 Å². The van der Waals surface area contributed by atoms with E-state index in [-0.39, 0.29) is 18.4 Å². The van der Waals surface area contributed by atoms with Crippen LogP contribution in [0.3, 0.4) is 0 Å². The van der Waals surface area contributed by atoms with Gasteiger partial charge in [-0.15, -0.1) is 10.2 Å². The lowest BCUT2D eigenvalue weighted by molar-refractivity contribution is -0.116. The number of benzene rings is 2. The molecular weight excluding hydrogens is 410 g/mol. The van der Waals surface area contributed by atoms with E-state index >= 15 is 0 Å². The Bertz CT molecular complexity index is 1260. The fourth-order valence-corrected chi connectivity index (χ4v) is 3.11. The Morgan fingerprint density at radius 1 is 0.969 bits per heavy atom. The van der Waals surface area contributed by atoms with Crippen molar-refractivity contribution in [3.63, 3.8) is 0 Å². The standard InChI is InChI=1S/C23H21N5O4/c1-14-5-4-6-18(11-14)22-26-25-21(31-22)16-7-9-17(10-8-16)23(30)28(3)13-20(29)24-19-12-15(2)32-27-19/h4-12H,13H2,1-3H3,(H,24,27,29). The second-order valence-electron chi connectivity index (χ2n) is 7.39. The number of amides is 2. The third-order valence-corrected chi connectivity index (χ3v) is 4.69. The molecule has 0 aliphatic rings. The largest absolute Gasteiger partial charge is 0.416 e. The SMILES string of the molecule is Cc1cccc(-c2nnc(-c3ccc(C(=O)N(C)CC(=O)Nc4cc(C)on4)cc3)o2)c1. The van der Waals surface area contributed by atoms with Crippen molar-refractivity contribution in [2.75, 3.05) is 18.9 Å². The van der Waals surface area contributed by atoms with Gasteiger partial charge in [-0.3, -0.25) is 9.59 Å². The molecule has 1 N–H and O–H groups in total. The number of carbonyl (C=O) groups excluding carboxylic acids is 2. The Hall–Kier alpha value is -4.27. The van der Waals surface area contributed by atoms with Gasteiger partial charge in [0.1, 0.15) is 5.76 Å². The van der Waals surface area contributed by atoms with E-state index < -0.39 is 0 Å². The van der Waals surface area contributed by atoms with Gasteiger partial charge in [-0.25, -0.2) is 0 Å². The highest BCUT2D eigenvalue weighted by atomic mass is 16.5. The maximum Gasteiger partial charge on any atom is 0.254 e. The number of likely N-dealkylation sites (N-methyl/N-ethyl adjacent to an activating group) is 1. The van der Waals surface area contributed by atoms with E-state index in [0.29, 0.717) is 34.5 Å². The first kappa shape index (κ1) is 21.0. The highest BCUT2D eigenvalue weighted by Crippen LogP contribution is 2.24. The average molecular weight is 431 g/mol. The van der Waals surface area contributed by atoms with E-state index in [1.807, 2.05) is 31.2 Å². The number of aromatic nitrogens is 3. The van der Waals surface area contributed by atoms with Gasteiger partial charge in [0.2, 0.25) is 17.7 Å². The monoisotopic (exact) mass is 431 g/mol. The van der Waals surface area contributed by atoms with Crippen molar-refractivity contribution in [1.29, 1.82) is 0 Å². The second-order valence-corrected chi connectivity index (χ2v) is 7.39. The fourth-order valence-electron chi connectivity index (χ4n) is 3.11. The minimum atomic E-state index is -0.375. The van der Waals surface area contributed by atoms with Crippen LogP contribution in [0.15, 0.2) is 63.5 Å². The van der Waals surface area contributed by atoms with Crippen molar-refractivity contribution in [1.82, 2.24) is 20.3 Å². The van der Waals surface area contributed by atoms with Gasteiger partial charge >= 0.3 is 0 Å². The molecule has 0 fully saturated rings. The normalized spacial score (nSPS) is 10.7. The van der Waals surface area contributed by atoms with Crippen LogP contribution >= 0.6 is 0 Å². The number of nitrogens with zero attached hydrogens (tertiary/aromatic N) is 4. The summed E-state index contributed by atoms with van der Waals surface area (Å²) in [6.45, 7) is 3.59. The maximum absolute atomic E-state index is 12.7. The maximum atomic E-state index is 12.7. The molecule has 2 aromatic heterocycles. The van der Waals surface area contributed by atoms with Gasteiger partial charge in [-0.2, -0.15) is 0 Å². The minimum Gasteiger partial charge on any atom is -0.416 e. The summed E-state index contributed by atoms with van der Waals surface area (Å²) in [5.74, 6) is 1.00. The Morgan fingerprint density at radius 3 is 2.34 bits per heavy atom. The van der Waals surface area contributed by atoms with Crippen molar-refractivity contribution in [2.45, 2.75) is 13.8 Å². The third-order valence-electron chi connectivity index (χ3n) is 4.69. The third kappa shape index (κ3) is 4.72. The highest BCUT2D eigenvalue weighted by Gasteiger charge is 2.17. The van der Waals surface area contributed by atoms with Gasteiger partial charge in [-0.1, -0.05) is 22.9 Å². The van der Waals surface area contributed by atoms with E-state index in [9.17, 15) is 9.59 Å². The summed E-state index contributed by atoms with van der Waals surface area (Å²) in [4.78, 5) is 26.1. The average Bonchev–Trinajstić information content (AvgIpc) is 3.42. The summed E-state index contributed by atoms with van der Waals surface area (Å²) in [6.07, 6.45) is 0. The van der Waals surface area contributed by atoms with Crippen LogP contribution in [-0.2, 0) is 4.79 Å². The van der Waals surface area contributed by atoms with Crippen LogP contribution in [-0.4, -0.2) is 45.7 Å². The van der Waals surface area contributed by atoms with Gasteiger partial charge in [0.15, 0.2) is 5.82 Å². The van der Waals surface area contributed by atoms with Crippen molar-refractivity contribution >= 4 is 17.6 Å². The summed E-state index contributed by atoms with van der Waals surface area (Å²) in [7, 11) is 1.55. The molecule has 32 heavy (non-hydrogen) atoms. The number of carbonyl (C=O) groups is 2. The Kier molecular flexibility index (Phi) is 5.80. The van der Waals surface area contributed by atoms with Crippen LogP contribution in [0.4, 0.5) is 5.82 Å². The van der Waals surface area contributed by atoms with Crippen molar-refractivity contribution in [3.05, 3.63) is 71.5 Å². The first-order valence-corrected chi connectivity index (χ1v) is 9.88. The Morgan fingerprint density at radius 2 is 1.69 bits per heavy atom. The van der Waals surface area contributed by atoms with E-state index in [1.54, 1.807) is 44.3 Å². The predicted octanol–water partition coefficient (Wildman–Crippen LogP) is 3.72. The summed E-state index contributed by atoms with van der Waals surface area (Å²) in [5, 5.41) is 14.5. The molecular formula is C23H21N5O4. The highest BCUT2D eigenvalue weighted by molar-refractivity contribution is 5.99. The Balaban J connectivity index is 1.40. The molecule has 0 saturated heterocycles. The molecule has 0 radical (unpaired) electrons. The molecule has 0 atom stereocenters. The predicted molar refractivity (Wildman–Crippen MR) is 117 cm³/mol. The molecule has 0 aliphatic carbocycles. The van der Waals surface area contributed by atoms with Crippen LogP contribution < -0.4 is 5.32 Å². The van der Waals surface area contributed by atoms with Crippen LogP contribution in [0.25, 0.3) is 22.9 Å². The topological polar surface area (TPSA) is 114 Å². The van der Waals surface area contributed by atoms with E-state index in [4.69, 9.17) is 8.94 Å². The molecule has 0 spiro atoms. The minimum absolute atomic E-state index is 0.129. The number of anilines is 1. The lowest BCUT2D eigenvalue weighted by Crippen LogP contribution is -2.34. The molecule has 9 heteroatoms. The number of rotatable bonds is 6. The molecule has 0 bridgehead atoms. The van der Waals surface area contributed by atoms with Gasteiger partial charge < -0.3 is 19.2 Å². The van der Waals surface area contributed by atoms with E-state index in [0.717, 1.165) is 11.1 Å². The quantitative estimate of drug-likeness (QED) is 0.495. The van der Waals surface area contributed by atoms with Crippen LogP contribution in [0.2, 0.25) is 0 Å². The lowest BCUT2D eigenvalue weighted by atomic mass is 10.1. The molecule has 162 valence electrons. The van der Waals surface area contributed by atoms with Crippen LogP contribution in [0, 0.1) is 13.8 Å². The number of nitrogens with one attached hydrogen (secondary N) is 1. The molecule has 9 nitrogen and oxygen atoms in total. The number of hydrogen-bond acceptors (Lipinski definition) is 7. The zero-order valence-electron chi connectivity index (χ0n) is 17.8. The summed E-state index contributed by atoms with van der Waals surface area (Å²) in [6, 6.07) is 16.2. The summed E-state index contributed by atoms with van der Waals surface area (Å²) < 4.78 is 10.7. The molecule has 0 aliphatic heterocycles. The smallest absolute Gasteiger partial charge is 0.254 e. The van der Waals surface area contributed by atoms with Crippen molar-refractivity contribution in [2.24, 2.45) is 0 Å². The zero-order chi connectivity index (χ0) is 22.7. The number of hydrogen-bond donors (Lipinski definition) is 1. The molecule has 0 saturated carbocycles. The van der Waals surface area contributed by atoms with Crippen LogP contribution in [0.1, 0.15) is 21.7 Å². The summed E-state index contributed by atoms with van der Waals surface area (Å²) in [5.41, 5.74) is 3.06. The Labute approximate surface area is 184 Å². The fraction of sp³-hybridized carbons (Fsp3) is 0.174. The number of aryl methyl sites for hydroxylation is 2. The molecule has 4 aromatic rings. The first-order valence-electron chi connectivity index (χ1n) is 9.88. The summed E-state index contributed by atoms with van der Waals surface area (Å²) >= 11 is 0. The van der Waals surface area contributed by atoms with Crippen molar-refractivity contribution in [3.8, 4) is 22.9 Å². The second kappa shape index (κ2) is 8.84. The zero-order valence-corrected chi connectivity index (χ0v) is 17.8. The van der Waals surface area contributed by atoms with E-state index in [1.165, 1.54) is 4.90 Å². The van der Waals surface area contributed by atoms with Crippen molar-refractivity contribution < 1.29 is 18.5 Å². The van der Waals surface area contributed by atoms with Crippen LogP contribution in [0.5, 0.6) is 0 Å².